The van der Waals surface area contributed by atoms with Crippen molar-refractivity contribution in [2.45, 2.75) is 39.0 Å². The van der Waals surface area contributed by atoms with E-state index in [4.69, 9.17) is 5.11 Å². The van der Waals surface area contributed by atoms with Gasteiger partial charge in [0.05, 0.1) is 0 Å². The molecule has 0 aromatic carbocycles. The SMILES string of the molecule is CC1CCC[C@@H](CC(=O)O)C1. The van der Waals surface area contributed by atoms with Gasteiger partial charge in [-0.1, -0.05) is 19.8 Å². The fraction of sp³-hybridized carbons (Fsp3) is 0.889. The molecule has 0 spiro atoms. The van der Waals surface area contributed by atoms with Gasteiger partial charge in [-0.25, -0.2) is 0 Å². The lowest BCUT2D eigenvalue weighted by Crippen LogP contribution is -2.16. The number of aliphatic carboxylic acids is 1. The zero-order valence-corrected chi connectivity index (χ0v) is 7.05. The normalized spacial score (nSPS) is 31.7. The Bertz CT molecular complexity index is 142. The van der Waals surface area contributed by atoms with Crippen LogP contribution in [0.15, 0.2) is 0 Å². The number of carboxylic acid groups (broad SMARTS) is 1. The van der Waals surface area contributed by atoms with Crippen LogP contribution in [0.1, 0.15) is 39.0 Å². The summed E-state index contributed by atoms with van der Waals surface area (Å²) in [6, 6.07) is 0. The van der Waals surface area contributed by atoms with Gasteiger partial charge < -0.3 is 5.11 Å². The van der Waals surface area contributed by atoms with Crippen molar-refractivity contribution in [3.63, 3.8) is 0 Å². The third kappa shape index (κ3) is 2.91. The topological polar surface area (TPSA) is 37.3 Å². The molecule has 0 bridgehead atoms. The van der Waals surface area contributed by atoms with Crippen LogP contribution in [0.2, 0.25) is 0 Å². The van der Waals surface area contributed by atoms with E-state index in [1.165, 1.54) is 12.8 Å². The van der Waals surface area contributed by atoms with Crippen molar-refractivity contribution >= 4 is 5.97 Å². The third-order valence-corrected chi connectivity index (χ3v) is 2.51. The summed E-state index contributed by atoms with van der Waals surface area (Å²) < 4.78 is 0. The zero-order chi connectivity index (χ0) is 8.27. The van der Waals surface area contributed by atoms with E-state index in [9.17, 15) is 4.79 Å². The van der Waals surface area contributed by atoms with Crippen molar-refractivity contribution in [1.29, 1.82) is 0 Å². The molecule has 0 saturated heterocycles. The van der Waals surface area contributed by atoms with Gasteiger partial charge in [0.2, 0.25) is 0 Å². The van der Waals surface area contributed by atoms with Gasteiger partial charge in [-0.2, -0.15) is 0 Å². The molecular weight excluding hydrogens is 140 g/mol. The van der Waals surface area contributed by atoms with Crippen molar-refractivity contribution in [3.05, 3.63) is 0 Å². The molecule has 0 radical (unpaired) electrons. The van der Waals surface area contributed by atoms with Crippen LogP contribution >= 0.6 is 0 Å². The highest BCUT2D eigenvalue weighted by atomic mass is 16.4. The van der Waals surface area contributed by atoms with Crippen molar-refractivity contribution in [2.24, 2.45) is 11.8 Å². The Morgan fingerprint density at radius 2 is 2.27 bits per heavy atom. The van der Waals surface area contributed by atoms with Gasteiger partial charge in [-0.15, -0.1) is 0 Å². The maximum Gasteiger partial charge on any atom is 0.303 e. The summed E-state index contributed by atoms with van der Waals surface area (Å²) in [5.74, 6) is 0.563. The maximum absolute atomic E-state index is 10.4. The summed E-state index contributed by atoms with van der Waals surface area (Å²) in [7, 11) is 0. The molecule has 0 aromatic rings. The smallest absolute Gasteiger partial charge is 0.303 e. The van der Waals surface area contributed by atoms with E-state index < -0.39 is 5.97 Å². The number of hydrogen-bond acceptors (Lipinski definition) is 1. The standard InChI is InChI=1S/C9H16O2/c1-7-3-2-4-8(5-7)6-9(10)11/h7-8H,2-6H2,1H3,(H,10,11)/t7?,8-/m1/s1. The molecule has 2 heteroatoms. The summed E-state index contributed by atoms with van der Waals surface area (Å²) in [6.45, 7) is 2.22. The van der Waals surface area contributed by atoms with E-state index in [2.05, 4.69) is 6.92 Å². The van der Waals surface area contributed by atoms with Gasteiger partial charge in [0.1, 0.15) is 0 Å². The van der Waals surface area contributed by atoms with Crippen molar-refractivity contribution in [1.82, 2.24) is 0 Å². The molecular formula is C9H16O2. The molecule has 0 aromatic heterocycles. The molecule has 64 valence electrons. The second-order valence-corrected chi connectivity index (χ2v) is 3.74. The van der Waals surface area contributed by atoms with Gasteiger partial charge in [0.15, 0.2) is 0 Å². The van der Waals surface area contributed by atoms with Crippen LogP contribution in [0.3, 0.4) is 0 Å². The van der Waals surface area contributed by atoms with E-state index in [1.807, 2.05) is 0 Å². The van der Waals surface area contributed by atoms with Crippen LogP contribution in [0.4, 0.5) is 0 Å². The van der Waals surface area contributed by atoms with Gasteiger partial charge in [-0.05, 0) is 24.7 Å². The fourth-order valence-electron chi connectivity index (χ4n) is 1.99. The summed E-state index contributed by atoms with van der Waals surface area (Å²) in [4.78, 5) is 10.4. The van der Waals surface area contributed by atoms with E-state index in [0.717, 1.165) is 18.8 Å². The van der Waals surface area contributed by atoms with Crippen molar-refractivity contribution in [2.75, 3.05) is 0 Å². The maximum atomic E-state index is 10.4. The summed E-state index contributed by atoms with van der Waals surface area (Å²) in [6.07, 6.45) is 5.13. The van der Waals surface area contributed by atoms with Crippen LogP contribution in [-0.2, 0) is 4.79 Å². The average Bonchev–Trinajstić information content (AvgIpc) is 1.85. The Morgan fingerprint density at radius 1 is 1.55 bits per heavy atom. The Kier molecular flexibility index (Phi) is 2.92. The van der Waals surface area contributed by atoms with Crippen LogP contribution in [0, 0.1) is 11.8 Å². The number of carboxylic acids is 1. The first-order chi connectivity index (χ1) is 5.18. The lowest BCUT2D eigenvalue weighted by molar-refractivity contribution is -0.138. The molecule has 0 aliphatic heterocycles. The van der Waals surface area contributed by atoms with Crippen LogP contribution < -0.4 is 0 Å². The highest BCUT2D eigenvalue weighted by Crippen LogP contribution is 2.30. The minimum absolute atomic E-state index is 0.379. The van der Waals surface area contributed by atoms with Crippen LogP contribution in [0.5, 0.6) is 0 Å². The van der Waals surface area contributed by atoms with E-state index in [-0.39, 0.29) is 0 Å². The first-order valence-corrected chi connectivity index (χ1v) is 4.40. The first kappa shape index (κ1) is 8.57. The van der Waals surface area contributed by atoms with Crippen LogP contribution in [-0.4, -0.2) is 11.1 Å². The minimum atomic E-state index is -0.635. The third-order valence-electron chi connectivity index (χ3n) is 2.51. The predicted octanol–water partition coefficient (Wildman–Crippen LogP) is 2.29. The second kappa shape index (κ2) is 3.74. The second-order valence-electron chi connectivity index (χ2n) is 3.74. The highest BCUT2D eigenvalue weighted by molar-refractivity contribution is 5.67. The first-order valence-electron chi connectivity index (χ1n) is 4.40. The summed E-state index contributed by atoms with van der Waals surface area (Å²) in [5.41, 5.74) is 0. The Balaban J connectivity index is 2.28. The summed E-state index contributed by atoms with van der Waals surface area (Å²) in [5, 5.41) is 8.55. The van der Waals surface area contributed by atoms with Crippen LogP contribution in [0.25, 0.3) is 0 Å². The van der Waals surface area contributed by atoms with E-state index >= 15 is 0 Å². The highest BCUT2D eigenvalue weighted by Gasteiger charge is 2.20. The predicted molar refractivity (Wildman–Crippen MR) is 43.4 cm³/mol. The van der Waals surface area contributed by atoms with Gasteiger partial charge in [0, 0.05) is 6.42 Å². The fourth-order valence-corrected chi connectivity index (χ4v) is 1.99. The molecule has 1 N–H and O–H groups in total. The quantitative estimate of drug-likeness (QED) is 0.666. The molecule has 2 nitrogen and oxygen atoms in total. The molecule has 11 heavy (non-hydrogen) atoms. The molecule has 0 heterocycles. The zero-order valence-electron chi connectivity index (χ0n) is 7.05. The molecule has 1 rings (SSSR count). The molecule has 0 amide bonds. The number of rotatable bonds is 2. The Hall–Kier alpha value is -0.530. The number of carbonyl (C=O) groups is 1. The number of hydrogen-bond donors (Lipinski definition) is 1. The largest absolute Gasteiger partial charge is 0.481 e. The van der Waals surface area contributed by atoms with Gasteiger partial charge in [0.25, 0.3) is 0 Å². The Morgan fingerprint density at radius 3 is 2.82 bits per heavy atom. The minimum Gasteiger partial charge on any atom is -0.481 e. The Labute approximate surface area is 67.6 Å². The van der Waals surface area contributed by atoms with Gasteiger partial charge in [-0.3, -0.25) is 4.79 Å². The van der Waals surface area contributed by atoms with Gasteiger partial charge >= 0.3 is 5.97 Å². The van der Waals surface area contributed by atoms with E-state index in [1.54, 1.807) is 0 Å². The molecule has 1 saturated carbocycles. The molecule has 2 atom stereocenters. The van der Waals surface area contributed by atoms with Crippen molar-refractivity contribution in [3.8, 4) is 0 Å². The van der Waals surface area contributed by atoms with Crippen molar-refractivity contribution < 1.29 is 9.90 Å². The molecule has 1 fully saturated rings. The molecule has 1 unspecified atom stereocenters. The summed E-state index contributed by atoms with van der Waals surface area (Å²) >= 11 is 0. The lowest BCUT2D eigenvalue weighted by atomic mass is 9.81. The monoisotopic (exact) mass is 156 g/mol. The van der Waals surface area contributed by atoms with E-state index in [0.29, 0.717) is 12.3 Å². The molecule has 1 aliphatic rings. The molecule has 1 aliphatic carbocycles. The lowest BCUT2D eigenvalue weighted by Gasteiger charge is -2.25. The average molecular weight is 156 g/mol.